The molecule has 10 nitrogen and oxygen atoms in total. The molecule has 5 rings (SSSR count). The Morgan fingerprint density at radius 1 is 0.750 bits per heavy atom. The monoisotopic (exact) mass is 624 g/mol. The molecule has 0 spiro atoms. The van der Waals surface area contributed by atoms with E-state index in [-0.39, 0.29) is 16.7 Å². The Kier molecular flexibility index (Phi) is 11.3. The molecule has 3 aromatic rings. The standard InChI is InChI=1S/C33H45ClN6O4/c1-4-42-30-11-7-8-12-31(30)43-24-23-37-15-20-39(21-16-37)28-25-35-40(33(41)32(28)34)22-17-36-13-18-38(19-14-36)27-9-5-6-10-29(27)44-26(2)3/h5-12,25-26H,4,13-24H2,1-3H3. The van der Waals surface area contributed by atoms with Crippen molar-refractivity contribution >= 4 is 23.0 Å². The molecule has 0 N–H and O–H groups in total. The molecular formula is C33H45ClN6O4. The second-order valence-electron chi connectivity index (χ2n) is 11.4. The topological polar surface area (TPSA) is 75.5 Å². The highest BCUT2D eigenvalue weighted by molar-refractivity contribution is 6.33. The number of piperazine rings is 2. The molecule has 11 heteroatoms. The molecule has 2 fully saturated rings. The molecule has 0 atom stereocenters. The Morgan fingerprint density at radius 2 is 1.32 bits per heavy atom. The van der Waals surface area contributed by atoms with E-state index in [1.807, 2.05) is 57.2 Å². The summed E-state index contributed by atoms with van der Waals surface area (Å²) >= 11 is 6.63. The quantitative estimate of drug-likeness (QED) is 0.279. The van der Waals surface area contributed by atoms with Crippen LogP contribution in [0, 0.1) is 0 Å². The van der Waals surface area contributed by atoms with Gasteiger partial charge in [0.2, 0.25) is 0 Å². The van der Waals surface area contributed by atoms with Gasteiger partial charge in [0.25, 0.3) is 5.56 Å². The van der Waals surface area contributed by atoms with E-state index in [1.54, 1.807) is 6.20 Å². The summed E-state index contributed by atoms with van der Waals surface area (Å²) in [5.74, 6) is 2.47. The Labute approximate surface area is 265 Å². The van der Waals surface area contributed by atoms with E-state index in [0.29, 0.717) is 25.4 Å². The van der Waals surface area contributed by atoms with Crippen LogP contribution in [0.1, 0.15) is 20.8 Å². The number of hydrogen-bond donors (Lipinski definition) is 0. The fraction of sp³-hybridized carbons (Fsp3) is 0.515. The molecule has 3 heterocycles. The second kappa shape index (κ2) is 15.5. The zero-order valence-corrected chi connectivity index (χ0v) is 26.9. The minimum Gasteiger partial charge on any atom is -0.490 e. The maximum atomic E-state index is 13.1. The molecule has 0 unspecified atom stereocenters. The summed E-state index contributed by atoms with van der Waals surface area (Å²) < 4.78 is 19.2. The van der Waals surface area contributed by atoms with Crippen LogP contribution >= 0.6 is 11.6 Å². The largest absolute Gasteiger partial charge is 0.490 e. The highest BCUT2D eigenvalue weighted by Gasteiger charge is 2.23. The Balaban J connectivity index is 1.07. The van der Waals surface area contributed by atoms with E-state index in [1.165, 1.54) is 4.68 Å². The molecular weight excluding hydrogens is 580 g/mol. The molecule has 2 aliphatic heterocycles. The first-order chi connectivity index (χ1) is 21.4. The van der Waals surface area contributed by atoms with Crippen molar-refractivity contribution in [3.05, 3.63) is 70.1 Å². The van der Waals surface area contributed by atoms with Crippen molar-refractivity contribution in [2.24, 2.45) is 0 Å². The molecule has 0 radical (unpaired) electrons. The zero-order chi connectivity index (χ0) is 30.9. The summed E-state index contributed by atoms with van der Waals surface area (Å²) in [5.41, 5.74) is 1.62. The predicted octanol–water partition coefficient (Wildman–Crippen LogP) is 4.11. The first-order valence-corrected chi connectivity index (χ1v) is 16.1. The fourth-order valence-electron chi connectivity index (χ4n) is 5.70. The highest BCUT2D eigenvalue weighted by Crippen LogP contribution is 2.30. The number of nitrogens with zero attached hydrogens (tertiary/aromatic N) is 6. The molecule has 0 amide bonds. The number of hydrogen-bond acceptors (Lipinski definition) is 9. The van der Waals surface area contributed by atoms with E-state index in [2.05, 4.69) is 36.8 Å². The molecule has 1 aromatic heterocycles. The van der Waals surface area contributed by atoms with Crippen LogP contribution in [-0.4, -0.2) is 104 Å². The highest BCUT2D eigenvalue weighted by atomic mass is 35.5. The number of benzene rings is 2. The third kappa shape index (κ3) is 8.16. The van der Waals surface area contributed by atoms with Gasteiger partial charge in [-0.3, -0.25) is 14.6 Å². The summed E-state index contributed by atoms with van der Waals surface area (Å²) in [4.78, 5) is 22.4. The van der Waals surface area contributed by atoms with Gasteiger partial charge in [-0.25, -0.2) is 4.68 Å². The van der Waals surface area contributed by atoms with Crippen LogP contribution in [0.5, 0.6) is 17.2 Å². The van der Waals surface area contributed by atoms with Gasteiger partial charge in [-0.2, -0.15) is 5.10 Å². The van der Waals surface area contributed by atoms with Crippen molar-refractivity contribution in [2.75, 3.05) is 88.5 Å². The maximum Gasteiger partial charge on any atom is 0.287 e. The van der Waals surface area contributed by atoms with Crippen LogP contribution in [0.2, 0.25) is 5.02 Å². The molecule has 2 saturated heterocycles. The molecule has 44 heavy (non-hydrogen) atoms. The first kappa shape index (κ1) is 31.9. The van der Waals surface area contributed by atoms with Gasteiger partial charge in [0.1, 0.15) is 17.4 Å². The minimum atomic E-state index is -0.230. The van der Waals surface area contributed by atoms with Crippen LogP contribution in [0.15, 0.2) is 59.5 Å². The van der Waals surface area contributed by atoms with Crippen LogP contribution < -0.4 is 29.6 Å². The number of anilines is 2. The lowest BCUT2D eigenvalue weighted by molar-refractivity contribution is 0.195. The van der Waals surface area contributed by atoms with Crippen molar-refractivity contribution in [3.8, 4) is 17.2 Å². The SMILES string of the molecule is CCOc1ccccc1OCCN1CCN(c2cnn(CCN3CCN(c4ccccc4OC(C)C)CC3)c(=O)c2Cl)CC1. The predicted molar refractivity (Wildman–Crippen MR) is 176 cm³/mol. The first-order valence-electron chi connectivity index (χ1n) is 15.7. The Bertz CT molecular complexity index is 1400. The molecule has 2 aromatic carbocycles. The van der Waals surface area contributed by atoms with Crippen LogP contribution in [0.25, 0.3) is 0 Å². The van der Waals surface area contributed by atoms with Crippen molar-refractivity contribution in [1.82, 2.24) is 19.6 Å². The van der Waals surface area contributed by atoms with Gasteiger partial charge in [0.05, 0.1) is 36.8 Å². The third-order valence-electron chi connectivity index (χ3n) is 8.06. The van der Waals surface area contributed by atoms with Crippen molar-refractivity contribution < 1.29 is 14.2 Å². The summed E-state index contributed by atoms with van der Waals surface area (Å²) in [5, 5.41) is 4.75. The number of aromatic nitrogens is 2. The van der Waals surface area contributed by atoms with E-state index in [0.717, 1.165) is 88.4 Å². The fourth-order valence-corrected chi connectivity index (χ4v) is 5.96. The number of para-hydroxylation sites is 4. The van der Waals surface area contributed by atoms with Gasteiger partial charge in [-0.05, 0) is 45.0 Å². The van der Waals surface area contributed by atoms with E-state index in [4.69, 9.17) is 25.8 Å². The average Bonchev–Trinajstić information content (AvgIpc) is 3.03. The van der Waals surface area contributed by atoms with Gasteiger partial charge in [0, 0.05) is 65.4 Å². The number of ether oxygens (including phenoxy) is 3. The molecule has 0 bridgehead atoms. The van der Waals surface area contributed by atoms with Gasteiger partial charge in [0.15, 0.2) is 11.5 Å². The van der Waals surface area contributed by atoms with E-state index < -0.39 is 0 Å². The Hall–Kier alpha value is -3.47. The van der Waals surface area contributed by atoms with Crippen LogP contribution in [0.4, 0.5) is 11.4 Å². The van der Waals surface area contributed by atoms with E-state index in [9.17, 15) is 4.79 Å². The lowest BCUT2D eigenvalue weighted by atomic mass is 10.2. The minimum absolute atomic E-state index is 0.131. The van der Waals surface area contributed by atoms with Crippen molar-refractivity contribution in [1.29, 1.82) is 0 Å². The van der Waals surface area contributed by atoms with Crippen molar-refractivity contribution in [3.63, 3.8) is 0 Å². The normalized spacial score (nSPS) is 16.4. The smallest absolute Gasteiger partial charge is 0.287 e. The van der Waals surface area contributed by atoms with E-state index >= 15 is 0 Å². The number of rotatable bonds is 13. The molecule has 0 saturated carbocycles. The van der Waals surface area contributed by atoms with Gasteiger partial charge < -0.3 is 24.0 Å². The Morgan fingerprint density at radius 3 is 1.95 bits per heavy atom. The lowest BCUT2D eigenvalue weighted by Crippen LogP contribution is -2.48. The van der Waals surface area contributed by atoms with Crippen molar-refractivity contribution in [2.45, 2.75) is 33.4 Å². The van der Waals surface area contributed by atoms with Crippen LogP contribution in [0.3, 0.4) is 0 Å². The van der Waals surface area contributed by atoms with Gasteiger partial charge in [-0.1, -0.05) is 35.9 Å². The summed E-state index contributed by atoms with van der Waals surface area (Å²) in [6.07, 6.45) is 1.88. The third-order valence-corrected chi connectivity index (χ3v) is 8.42. The molecule has 0 aliphatic carbocycles. The van der Waals surface area contributed by atoms with Gasteiger partial charge in [-0.15, -0.1) is 0 Å². The number of halogens is 1. The maximum absolute atomic E-state index is 13.1. The van der Waals surface area contributed by atoms with Gasteiger partial charge >= 0.3 is 0 Å². The summed E-state index contributed by atoms with van der Waals surface area (Å²) in [6.45, 7) is 16.2. The molecule has 2 aliphatic rings. The zero-order valence-electron chi connectivity index (χ0n) is 26.2. The average molecular weight is 625 g/mol. The summed E-state index contributed by atoms with van der Waals surface area (Å²) in [7, 11) is 0. The summed E-state index contributed by atoms with van der Waals surface area (Å²) in [6, 6.07) is 16.0. The lowest BCUT2D eigenvalue weighted by Gasteiger charge is -2.37. The van der Waals surface area contributed by atoms with Crippen LogP contribution in [-0.2, 0) is 6.54 Å². The second-order valence-corrected chi connectivity index (χ2v) is 11.8. The molecule has 238 valence electrons.